The van der Waals surface area contributed by atoms with Gasteiger partial charge in [-0.1, -0.05) is 6.07 Å². The van der Waals surface area contributed by atoms with Crippen LogP contribution in [0.3, 0.4) is 0 Å². The lowest BCUT2D eigenvalue weighted by Gasteiger charge is -2.16. The molecule has 0 aromatic heterocycles. The van der Waals surface area contributed by atoms with Gasteiger partial charge in [0.05, 0.1) is 27.6 Å². The van der Waals surface area contributed by atoms with Gasteiger partial charge in [-0.2, -0.15) is 4.31 Å². The van der Waals surface area contributed by atoms with Gasteiger partial charge in [0, 0.05) is 13.1 Å². The highest BCUT2D eigenvalue weighted by Gasteiger charge is 2.27. The molecule has 0 spiro atoms. The third kappa shape index (κ3) is 4.77. The summed E-state index contributed by atoms with van der Waals surface area (Å²) in [6.45, 7) is 2.83. The summed E-state index contributed by atoms with van der Waals surface area (Å²) in [5.74, 6) is -0.538. The highest BCUT2D eigenvalue weighted by Crippen LogP contribution is 2.24. The summed E-state index contributed by atoms with van der Waals surface area (Å²) in [5.41, 5.74) is 0.379. The lowest BCUT2D eigenvalue weighted by atomic mass is 10.2. The van der Waals surface area contributed by atoms with Crippen molar-refractivity contribution in [3.63, 3.8) is 0 Å². The van der Waals surface area contributed by atoms with Crippen molar-refractivity contribution < 1.29 is 26.4 Å². The van der Waals surface area contributed by atoms with Crippen LogP contribution in [0.25, 0.3) is 0 Å². The van der Waals surface area contributed by atoms with Crippen molar-refractivity contribution in [3.05, 3.63) is 54.1 Å². The van der Waals surface area contributed by atoms with Crippen LogP contribution in [0.4, 0.5) is 5.69 Å². The first-order valence-corrected chi connectivity index (χ1v) is 12.1. The second kappa shape index (κ2) is 8.52. The second-order valence-corrected chi connectivity index (χ2v) is 10.1. The number of carbonyl (C=O) groups excluding carboxylic acids is 1. The van der Waals surface area contributed by atoms with Crippen LogP contribution in [-0.2, 0) is 24.8 Å². The Morgan fingerprint density at radius 3 is 2.28 bits per heavy atom. The van der Waals surface area contributed by atoms with Gasteiger partial charge in [-0.25, -0.2) is 21.6 Å². The minimum Gasteiger partial charge on any atom is -0.462 e. The number of nitrogens with zero attached hydrogens (tertiary/aromatic N) is 1. The van der Waals surface area contributed by atoms with Crippen LogP contribution >= 0.6 is 0 Å². The average Bonchev–Trinajstić information content (AvgIpc) is 3.24. The third-order valence-corrected chi connectivity index (χ3v) is 7.76. The summed E-state index contributed by atoms with van der Waals surface area (Å²) in [6.07, 6.45) is 1.63. The van der Waals surface area contributed by atoms with Crippen LogP contribution in [0, 0.1) is 0 Å². The van der Waals surface area contributed by atoms with Gasteiger partial charge in [0.2, 0.25) is 10.0 Å². The Labute approximate surface area is 170 Å². The smallest absolute Gasteiger partial charge is 0.338 e. The van der Waals surface area contributed by atoms with E-state index in [2.05, 4.69) is 4.72 Å². The fourth-order valence-corrected chi connectivity index (χ4v) is 5.61. The minimum atomic E-state index is -3.96. The van der Waals surface area contributed by atoms with E-state index in [9.17, 15) is 21.6 Å². The lowest BCUT2D eigenvalue weighted by molar-refractivity contribution is 0.0526. The molecule has 29 heavy (non-hydrogen) atoms. The van der Waals surface area contributed by atoms with Gasteiger partial charge in [0.25, 0.3) is 10.0 Å². The first kappa shape index (κ1) is 21.3. The minimum absolute atomic E-state index is 0.0391. The van der Waals surface area contributed by atoms with Gasteiger partial charge in [0.1, 0.15) is 0 Å². The summed E-state index contributed by atoms with van der Waals surface area (Å²) in [7, 11) is -7.61. The van der Waals surface area contributed by atoms with Gasteiger partial charge in [0.15, 0.2) is 0 Å². The standard InChI is InChI=1S/C19H22N2O6S2/c1-2-27-19(22)15-8-10-17(11-9-15)28(23,24)20-16-6-5-7-18(14-16)29(25,26)21-12-3-4-13-21/h5-11,14,20H,2-4,12-13H2,1H3. The topological polar surface area (TPSA) is 110 Å². The van der Waals surface area contributed by atoms with Gasteiger partial charge >= 0.3 is 5.97 Å². The number of rotatable bonds is 7. The lowest BCUT2D eigenvalue weighted by Crippen LogP contribution is -2.27. The molecule has 2 aromatic carbocycles. The molecule has 3 rings (SSSR count). The van der Waals surface area contributed by atoms with Crippen LogP contribution in [0.2, 0.25) is 0 Å². The molecule has 1 aliphatic rings. The molecule has 1 fully saturated rings. The molecule has 0 unspecified atom stereocenters. The number of nitrogens with one attached hydrogen (secondary N) is 1. The van der Waals surface area contributed by atoms with Crippen LogP contribution < -0.4 is 4.72 Å². The Bertz CT molecular complexity index is 1090. The number of anilines is 1. The predicted molar refractivity (Wildman–Crippen MR) is 108 cm³/mol. The molecular weight excluding hydrogens is 416 g/mol. The largest absolute Gasteiger partial charge is 0.462 e. The highest BCUT2D eigenvalue weighted by molar-refractivity contribution is 7.92. The van der Waals surface area contributed by atoms with Crippen molar-refractivity contribution >= 4 is 31.7 Å². The molecule has 1 N–H and O–H groups in total. The Hall–Kier alpha value is -2.43. The van der Waals surface area contributed by atoms with E-state index in [0.29, 0.717) is 13.1 Å². The van der Waals surface area contributed by atoms with E-state index >= 15 is 0 Å². The zero-order valence-corrected chi connectivity index (χ0v) is 17.5. The van der Waals surface area contributed by atoms with Crippen LogP contribution in [0.15, 0.2) is 58.3 Å². The molecule has 0 radical (unpaired) electrons. The van der Waals surface area contributed by atoms with Gasteiger partial charge in [-0.05, 0) is 62.2 Å². The van der Waals surface area contributed by atoms with E-state index in [4.69, 9.17) is 4.74 Å². The summed E-state index contributed by atoms with van der Waals surface area (Å²) in [4.78, 5) is 11.7. The van der Waals surface area contributed by atoms with Crippen molar-refractivity contribution in [2.45, 2.75) is 29.6 Å². The van der Waals surface area contributed by atoms with E-state index in [1.807, 2.05) is 0 Å². The maximum Gasteiger partial charge on any atom is 0.338 e. The highest BCUT2D eigenvalue weighted by atomic mass is 32.2. The van der Waals surface area contributed by atoms with Gasteiger partial charge in [-0.15, -0.1) is 0 Å². The van der Waals surface area contributed by atoms with Crippen molar-refractivity contribution in [2.24, 2.45) is 0 Å². The Kier molecular flexibility index (Phi) is 6.25. The molecular formula is C19H22N2O6S2. The van der Waals surface area contributed by atoms with E-state index in [1.165, 1.54) is 52.8 Å². The summed E-state index contributed by atoms with van der Waals surface area (Å²) >= 11 is 0. The Morgan fingerprint density at radius 2 is 1.66 bits per heavy atom. The fraction of sp³-hybridized carbons (Fsp3) is 0.316. The summed E-state index contributed by atoms with van der Waals surface area (Å²) in [6, 6.07) is 11.0. The predicted octanol–water partition coefficient (Wildman–Crippen LogP) is 2.45. The first-order valence-electron chi connectivity index (χ1n) is 9.14. The van der Waals surface area contributed by atoms with E-state index in [1.54, 1.807) is 6.92 Å². The molecule has 0 bridgehead atoms. The SMILES string of the molecule is CCOC(=O)c1ccc(S(=O)(=O)Nc2cccc(S(=O)(=O)N3CCCC3)c2)cc1. The van der Waals surface area contributed by atoms with Crippen LogP contribution in [0.1, 0.15) is 30.1 Å². The molecule has 10 heteroatoms. The number of benzene rings is 2. The average molecular weight is 439 g/mol. The second-order valence-electron chi connectivity index (χ2n) is 6.49. The maximum atomic E-state index is 12.7. The van der Waals surface area contributed by atoms with Crippen molar-refractivity contribution in [1.82, 2.24) is 4.31 Å². The number of ether oxygens (including phenoxy) is 1. The molecule has 8 nitrogen and oxygen atoms in total. The maximum absolute atomic E-state index is 12.7. The zero-order chi connectivity index (χ0) is 21.1. The summed E-state index contributed by atoms with van der Waals surface area (Å²) < 4.78 is 59.3. The molecule has 1 aliphatic heterocycles. The molecule has 0 amide bonds. The molecule has 0 saturated carbocycles. The number of sulfonamides is 2. The first-order chi connectivity index (χ1) is 13.7. The van der Waals surface area contributed by atoms with Crippen molar-refractivity contribution in [1.29, 1.82) is 0 Å². The zero-order valence-electron chi connectivity index (χ0n) is 15.9. The summed E-state index contributed by atoms with van der Waals surface area (Å²) in [5, 5.41) is 0. The number of hydrogen-bond acceptors (Lipinski definition) is 6. The van der Waals surface area contributed by atoms with Gasteiger partial charge in [-0.3, -0.25) is 4.72 Å². The molecule has 0 aliphatic carbocycles. The molecule has 1 heterocycles. The molecule has 156 valence electrons. The normalized spacial score (nSPS) is 15.2. The van der Waals surface area contributed by atoms with E-state index in [0.717, 1.165) is 12.8 Å². The fourth-order valence-electron chi connectivity index (χ4n) is 3.00. The number of hydrogen-bond donors (Lipinski definition) is 1. The third-order valence-electron chi connectivity index (χ3n) is 4.46. The Balaban J connectivity index is 1.81. The number of esters is 1. The quantitative estimate of drug-likeness (QED) is 0.665. The monoisotopic (exact) mass is 438 g/mol. The molecule has 2 aromatic rings. The number of carbonyl (C=O) groups is 1. The van der Waals surface area contributed by atoms with Crippen molar-refractivity contribution in [3.8, 4) is 0 Å². The van der Waals surface area contributed by atoms with E-state index < -0.39 is 26.0 Å². The van der Waals surface area contributed by atoms with Crippen molar-refractivity contribution in [2.75, 3.05) is 24.4 Å². The molecule has 1 saturated heterocycles. The molecule has 0 atom stereocenters. The Morgan fingerprint density at radius 1 is 1.00 bits per heavy atom. The van der Waals surface area contributed by atoms with E-state index in [-0.39, 0.29) is 27.6 Å². The van der Waals surface area contributed by atoms with Crippen LogP contribution in [0.5, 0.6) is 0 Å². The van der Waals surface area contributed by atoms with Gasteiger partial charge < -0.3 is 4.74 Å². The van der Waals surface area contributed by atoms with Crippen LogP contribution in [-0.4, -0.2) is 46.8 Å².